The van der Waals surface area contributed by atoms with Crippen molar-refractivity contribution in [3.63, 3.8) is 0 Å². The number of nitrogens with zero attached hydrogens (tertiary/aromatic N) is 1. The predicted molar refractivity (Wildman–Crippen MR) is 80.3 cm³/mol. The van der Waals surface area contributed by atoms with Crippen molar-refractivity contribution in [3.05, 3.63) is 38.4 Å². The fourth-order valence-electron chi connectivity index (χ4n) is 1.99. The molecular weight excluding hydrogens is 296 g/mol. The molecule has 4 nitrogen and oxygen atoms in total. The van der Waals surface area contributed by atoms with Gasteiger partial charge < -0.3 is 9.84 Å². The van der Waals surface area contributed by atoms with Crippen molar-refractivity contribution in [2.24, 2.45) is 0 Å². The third kappa shape index (κ3) is 3.84. The monoisotopic (exact) mass is 312 g/mol. The Kier molecular flexibility index (Phi) is 4.83. The zero-order valence-electron chi connectivity index (χ0n) is 11.7. The summed E-state index contributed by atoms with van der Waals surface area (Å²) in [7, 11) is 0. The molecule has 0 saturated carbocycles. The van der Waals surface area contributed by atoms with E-state index in [1.165, 1.54) is 9.75 Å². The van der Waals surface area contributed by atoms with E-state index >= 15 is 0 Å². The van der Waals surface area contributed by atoms with Crippen LogP contribution in [0.3, 0.4) is 0 Å². The molecule has 1 N–H and O–H groups in total. The van der Waals surface area contributed by atoms with E-state index in [0.29, 0.717) is 11.3 Å². The van der Waals surface area contributed by atoms with Crippen molar-refractivity contribution in [1.82, 2.24) is 10.5 Å². The number of carbonyl (C=O) groups is 1. The van der Waals surface area contributed by atoms with Gasteiger partial charge in [0.05, 0.1) is 12.1 Å². The van der Waals surface area contributed by atoms with Gasteiger partial charge >= 0.3 is 0 Å². The molecule has 0 saturated heterocycles. The molecule has 0 aliphatic carbocycles. The van der Waals surface area contributed by atoms with Crippen LogP contribution in [-0.4, -0.2) is 17.1 Å². The summed E-state index contributed by atoms with van der Waals surface area (Å²) in [4.78, 5) is 14.5. The van der Waals surface area contributed by atoms with E-state index in [1.54, 1.807) is 18.3 Å². The highest BCUT2D eigenvalue weighted by atomic mass is 35.5. The van der Waals surface area contributed by atoms with Crippen LogP contribution < -0.4 is 5.32 Å². The minimum Gasteiger partial charge on any atom is -0.353 e. The first kappa shape index (κ1) is 15.1. The highest BCUT2D eigenvalue weighted by Crippen LogP contribution is 2.20. The molecule has 1 amide bonds. The second-order valence-corrected chi connectivity index (χ2v) is 6.60. The van der Waals surface area contributed by atoms with E-state index < -0.39 is 0 Å². The van der Waals surface area contributed by atoms with Crippen molar-refractivity contribution in [1.29, 1.82) is 0 Å². The van der Waals surface area contributed by atoms with Gasteiger partial charge in [0.15, 0.2) is 0 Å². The van der Waals surface area contributed by atoms with Crippen LogP contribution in [0.2, 0.25) is 5.22 Å². The number of aryl methyl sites for hydroxylation is 2. The summed E-state index contributed by atoms with van der Waals surface area (Å²) in [6.45, 7) is 5.85. The molecule has 2 rings (SSSR count). The first-order valence-electron chi connectivity index (χ1n) is 6.41. The van der Waals surface area contributed by atoms with Crippen molar-refractivity contribution in [2.75, 3.05) is 0 Å². The van der Waals surface area contributed by atoms with Gasteiger partial charge in [-0.05, 0) is 44.5 Å². The van der Waals surface area contributed by atoms with Crippen LogP contribution in [-0.2, 0) is 17.6 Å². The van der Waals surface area contributed by atoms with E-state index in [2.05, 4.69) is 29.5 Å². The molecule has 2 heterocycles. The molecule has 0 spiro atoms. The first-order valence-corrected chi connectivity index (χ1v) is 7.60. The molecule has 2 aromatic heterocycles. The van der Waals surface area contributed by atoms with Gasteiger partial charge in [0.1, 0.15) is 0 Å². The van der Waals surface area contributed by atoms with Crippen LogP contribution >= 0.6 is 22.9 Å². The molecule has 1 atom stereocenters. The molecule has 20 heavy (non-hydrogen) atoms. The number of halogens is 1. The molecule has 0 aliphatic heterocycles. The van der Waals surface area contributed by atoms with Crippen molar-refractivity contribution < 1.29 is 9.32 Å². The van der Waals surface area contributed by atoms with E-state index in [9.17, 15) is 4.79 Å². The maximum atomic E-state index is 12.0. The lowest BCUT2D eigenvalue weighted by molar-refractivity contribution is -0.121. The molecule has 6 heteroatoms. The number of rotatable bonds is 5. The number of aromatic nitrogens is 1. The lowest BCUT2D eigenvalue weighted by Crippen LogP contribution is -2.35. The highest BCUT2D eigenvalue weighted by molar-refractivity contribution is 7.11. The van der Waals surface area contributed by atoms with Crippen molar-refractivity contribution >= 4 is 28.8 Å². The summed E-state index contributed by atoms with van der Waals surface area (Å²) in [5, 5.41) is 6.90. The smallest absolute Gasteiger partial charge is 0.229 e. The maximum absolute atomic E-state index is 12.0. The van der Waals surface area contributed by atoms with E-state index in [-0.39, 0.29) is 23.6 Å². The molecule has 108 valence electrons. The number of thiophene rings is 1. The summed E-state index contributed by atoms with van der Waals surface area (Å²) >= 11 is 7.61. The fraction of sp³-hybridized carbons (Fsp3) is 0.429. The minimum absolute atomic E-state index is 0.0704. The van der Waals surface area contributed by atoms with Gasteiger partial charge in [0.2, 0.25) is 11.1 Å². The quantitative estimate of drug-likeness (QED) is 0.921. The van der Waals surface area contributed by atoms with E-state index in [0.717, 1.165) is 6.42 Å². The van der Waals surface area contributed by atoms with Crippen LogP contribution in [0.4, 0.5) is 0 Å². The van der Waals surface area contributed by atoms with Crippen LogP contribution in [0, 0.1) is 13.8 Å². The summed E-state index contributed by atoms with van der Waals surface area (Å²) < 4.78 is 4.84. The SMILES string of the molecule is Cc1ccc(C[C@H](C)NC(=O)Cc2c(C)noc2Cl)s1. The van der Waals surface area contributed by atoms with Crippen LogP contribution in [0.5, 0.6) is 0 Å². The zero-order valence-corrected chi connectivity index (χ0v) is 13.3. The van der Waals surface area contributed by atoms with Gasteiger partial charge in [-0.2, -0.15) is 0 Å². The van der Waals surface area contributed by atoms with Gasteiger partial charge in [-0.15, -0.1) is 11.3 Å². The standard InChI is InChI=1S/C14H17ClN2O2S/c1-8(6-11-5-4-9(2)20-11)16-13(18)7-12-10(3)17-19-14(12)15/h4-5,8H,6-7H2,1-3H3,(H,16,18)/t8-/m0/s1. The van der Waals surface area contributed by atoms with Gasteiger partial charge in [-0.25, -0.2) is 0 Å². The summed E-state index contributed by atoms with van der Waals surface area (Å²) in [5.74, 6) is -0.0704. The zero-order chi connectivity index (χ0) is 14.7. The maximum Gasteiger partial charge on any atom is 0.229 e. The Labute approximate surface area is 127 Å². The number of hydrogen-bond donors (Lipinski definition) is 1. The van der Waals surface area contributed by atoms with Gasteiger partial charge in [0, 0.05) is 27.8 Å². The Balaban J connectivity index is 1.88. The van der Waals surface area contributed by atoms with Gasteiger partial charge in [-0.3, -0.25) is 4.79 Å². The van der Waals surface area contributed by atoms with Crippen LogP contribution in [0.15, 0.2) is 16.7 Å². The second-order valence-electron chi connectivity index (χ2n) is 4.88. The lowest BCUT2D eigenvalue weighted by atomic mass is 10.1. The summed E-state index contributed by atoms with van der Waals surface area (Å²) in [5.41, 5.74) is 1.31. The Morgan fingerprint density at radius 3 is 2.80 bits per heavy atom. The first-order chi connectivity index (χ1) is 9.45. The normalized spacial score (nSPS) is 12.4. The molecule has 0 bridgehead atoms. The number of hydrogen-bond acceptors (Lipinski definition) is 4. The number of carbonyl (C=O) groups excluding carboxylic acids is 1. The van der Waals surface area contributed by atoms with Gasteiger partial charge in [-0.1, -0.05) is 5.16 Å². The predicted octanol–water partition coefficient (Wildman–Crippen LogP) is 3.30. The largest absolute Gasteiger partial charge is 0.353 e. The molecule has 0 fully saturated rings. The second kappa shape index (κ2) is 6.41. The minimum atomic E-state index is -0.0704. The van der Waals surface area contributed by atoms with Crippen LogP contribution in [0.1, 0.15) is 27.9 Å². The molecular formula is C14H17ClN2O2S. The molecule has 0 aliphatic rings. The number of amides is 1. The Hall–Kier alpha value is -1.33. The Morgan fingerprint density at radius 1 is 1.50 bits per heavy atom. The fourth-order valence-corrected chi connectivity index (χ4v) is 3.25. The van der Waals surface area contributed by atoms with Crippen molar-refractivity contribution in [3.8, 4) is 0 Å². The third-order valence-corrected chi connectivity index (χ3v) is 4.30. The average molecular weight is 313 g/mol. The van der Waals surface area contributed by atoms with Crippen LogP contribution in [0.25, 0.3) is 0 Å². The van der Waals surface area contributed by atoms with E-state index in [4.69, 9.17) is 16.1 Å². The Bertz CT molecular complexity index is 587. The lowest BCUT2D eigenvalue weighted by Gasteiger charge is -2.12. The molecule has 2 aromatic rings. The van der Waals surface area contributed by atoms with E-state index in [1.807, 2.05) is 6.92 Å². The van der Waals surface area contributed by atoms with Crippen molar-refractivity contribution in [2.45, 2.75) is 39.7 Å². The topological polar surface area (TPSA) is 55.1 Å². The Morgan fingerprint density at radius 2 is 2.25 bits per heavy atom. The molecule has 0 unspecified atom stereocenters. The summed E-state index contributed by atoms with van der Waals surface area (Å²) in [6.07, 6.45) is 1.03. The number of nitrogens with one attached hydrogen (secondary N) is 1. The molecule has 0 aromatic carbocycles. The van der Waals surface area contributed by atoms with Gasteiger partial charge in [0.25, 0.3) is 0 Å². The molecule has 0 radical (unpaired) electrons. The highest BCUT2D eigenvalue weighted by Gasteiger charge is 2.16. The third-order valence-electron chi connectivity index (χ3n) is 2.98. The summed E-state index contributed by atoms with van der Waals surface area (Å²) in [6, 6.07) is 4.28. The average Bonchev–Trinajstić information content (AvgIpc) is 2.89.